The molecule has 3 heteroatoms. The van der Waals surface area contributed by atoms with Crippen LogP contribution in [0.3, 0.4) is 0 Å². The van der Waals surface area contributed by atoms with Gasteiger partial charge in [-0.25, -0.2) is 4.39 Å². The zero-order chi connectivity index (χ0) is 9.68. The number of rotatable bonds is 1. The normalized spacial score (nSPS) is 9.15. The first-order valence-electron chi connectivity index (χ1n) is 3.78. The standard InChI is InChI=1S/C10H8ClFS/c11-9-5-8(3-1-2-4-13)6-10(12)7-9/h5-7,13H,2,4H2. The number of benzene rings is 1. The van der Waals surface area contributed by atoms with E-state index < -0.39 is 0 Å². The van der Waals surface area contributed by atoms with E-state index in [4.69, 9.17) is 11.6 Å². The molecule has 0 aliphatic carbocycles. The molecule has 0 N–H and O–H groups in total. The summed E-state index contributed by atoms with van der Waals surface area (Å²) in [4.78, 5) is 0. The Hall–Kier alpha value is -0.650. The van der Waals surface area contributed by atoms with Crippen LogP contribution in [0.4, 0.5) is 4.39 Å². The summed E-state index contributed by atoms with van der Waals surface area (Å²) in [6.07, 6.45) is 0.692. The van der Waals surface area contributed by atoms with Crippen LogP contribution in [0.2, 0.25) is 5.02 Å². The third kappa shape index (κ3) is 3.71. The van der Waals surface area contributed by atoms with Gasteiger partial charge in [0.15, 0.2) is 0 Å². The molecule has 1 aromatic carbocycles. The van der Waals surface area contributed by atoms with Gasteiger partial charge in [0.05, 0.1) is 0 Å². The molecule has 0 aromatic heterocycles. The summed E-state index contributed by atoms with van der Waals surface area (Å²) in [7, 11) is 0. The molecule has 0 saturated carbocycles. The second-order valence-electron chi connectivity index (χ2n) is 2.43. The Kier molecular flexibility index (Phi) is 4.14. The van der Waals surface area contributed by atoms with Crippen molar-refractivity contribution in [1.29, 1.82) is 0 Å². The van der Waals surface area contributed by atoms with Gasteiger partial charge in [-0.3, -0.25) is 0 Å². The summed E-state index contributed by atoms with van der Waals surface area (Å²) >= 11 is 9.65. The van der Waals surface area contributed by atoms with Gasteiger partial charge >= 0.3 is 0 Å². The largest absolute Gasteiger partial charge is 0.207 e. The first kappa shape index (κ1) is 10.4. The molecule has 0 heterocycles. The summed E-state index contributed by atoms with van der Waals surface area (Å²) in [6, 6.07) is 4.25. The minimum absolute atomic E-state index is 0.359. The lowest BCUT2D eigenvalue weighted by Crippen LogP contribution is -1.79. The van der Waals surface area contributed by atoms with E-state index in [-0.39, 0.29) is 5.82 Å². The highest BCUT2D eigenvalue weighted by Gasteiger charge is 1.95. The van der Waals surface area contributed by atoms with E-state index in [0.29, 0.717) is 22.8 Å². The van der Waals surface area contributed by atoms with Crippen molar-refractivity contribution in [1.82, 2.24) is 0 Å². The Balaban J connectivity index is 2.85. The quantitative estimate of drug-likeness (QED) is 0.539. The van der Waals surface area contributed by atoms with E-state index in [1.54, 1.807) is 6.07 Å². The zero-order valence-corrected chi connectivity index (χ0v) is 8.50. The van der Waals surface area contributed by atoms with Crippen LogP contribution in [0, 0.1) is 17.7 Å². The van der Waals surface area contributed by atoms with Crippen molar-refractivity contribution in [2.24, 2.45) is 0 Å². The molecule has 0 spiro atoms. The molecular formula is C10H8ClFS. The number of thiol groups is 1. The molecular weight excluding hydrogens is 207 g/mol. The van der Waals surface area contributed by atoms with Crippen LogP contribution in [-0.4, -0.2) is 5.75 Å². The Labute approximate surface area is 87.5 Å². The van der Waals surface area contributed by atoms with Gasteiger partial charge in [-0.15, -0.1) is 0 Å². The molecule has 0 fully saturated rings. The highest BCUT2D eigenvalue weighted by Crippen LogP contribution is 2.13. The van der Waals surface area contributed by atoms with Crippen LogP contribution in [0.5, 0.6) is 0 Å². The first-order valence-corrected chi connectivity index (χ1v) is 4.79. The van der Waals surface area contributed by atoms with Gasteiger partial charge in [0, 0.05) is 22.8 Å². The number of hydrogen-bond donors (Lipinski definition) is 1. The Morgan fingerprint density at radius 3 is 2.77 bits per heavy atom. The average molecular weight is 215 g/mol. The predicted octanol–water partition coefficient (Wildman–Crippen LogP) is 3.15. The maximum absolute atomic E-state index is 12.8. The van der Waals surface area contributed by atoms with Gasteiger partial charge in [0.1, 0.15) is 5.82 Å². The van der Waals surface area contributed by atoms with Gasteiger partial charge in [0.2, 0.25) is 0 Å². The van der Waals surface area contributed by atoms with E-state index in [0.717, 1.165) is 0 Å². The maximum Gasteiger partial charge on any atom is 0.125 e. The molecule has 0 aliphatic rings. The molecule has 0 bridgehead atoms. The minimum atomic E-state index is -0.359. The van der Waals surface area contributed by atoms with Crippen LogP contribution >= 0.6 is 24.2 Å². The fraction of sp³-hybridized carbons (Fsp3) is 0.200. The van der Waals surface area contributed by atoms with E-state index in [9.17, 15) is 4.39 Å². The summed E-state index contributed by atoms with van der Waals surface area (Å²) in [5.41, 5.74) is 0.604. The predicted molar refractivity (Wildman–Crippen MR) is 56.8 cm³/mol. The lowest BCUT2D eigenvalue weighted by Gasteiger charge is -1.93. The topological polar surface area (TPSA) is 0 Å². The van der Waals surface area contributed by atoms with E-state index >= 15 is 0 Å². The van der Waals surface area contributed by atoms with Crippen LogP contribution in [0.1, 0.15) is 12.0 Å². The van der Waals surface area contributed by atoms with Crippen molar-refractivity contribution >= 4 is 24.2 Å². The number of hydrogen-bond acceptors (Lipinski definition) is 1. The van der Waals surface area contributed by atoms with E-state index in [1.807, 2.05) is 0 Å². The van der Waals surface area contributed by atoms with Gasteiger partial charge < -0.3 is 0 Å². The van der Waals surface area contributed by atoms with Gasteiger partial charge in [-0.2, -0.15) is 12.6 Å². The highest BCUT2D eigenvalue weighted by atomic mass is 35.5. The van der Waals surface area contributed by atoms with Gasteiger partial charge in [-0.1, -0.05) is 23.4 Å². The summed E-state index contributed by atoms with van der Waals surface area (Å²) in [5, 5.41) is 0.371. The Morgan fingerprint density at radius 2 is 2.15 bits per heavy atom. The van der Waals surface area contributed by atoms with Crippen LogP contribution in [0.15, 0.2) is 18.2 Å². The smallest absolute Gasteiger partial charge is 0.125 e. The highest BCUT2D eigenvalue weighted by molar-refractivity contribution is 7.80. The lowest BCUT2D eigenvalue weighted by atomic mass is 10.2. The van der Waals surface area contributed by atoms with Crippen LogP contribution in [0.25, 0.3) is 0 Å². The fourth-order valence-corrected chi connectivity index (χ4v) is 1.18. The second-order valence-corrected chi connectivity index (χ2v) is 3.32. The molecule has 0 saturated heterocycles. The van der Waals surface area contributed by atoms with Crippen molar-refractivity contribution in [3.05, 3.63) is 34.6 Å². The van der Waals surface area contributed by atoms with E-state index in [1.165, 1.54) is 12.1 Å². The minimum Gasteiger partial charge on any atom is -0.207 e. The van der Waals surface area contributed by atoms with Gasteiger partial charge in [-0.05, 0) is 18.2 Å². The van der Waals surface area contributed by atoms with Crippen molar-refractivity contribution in [3.63, 3.8) is 0 Å². The number of halogens is 2. The third-order valence-electron chi connectivity index (χ3n) is 1.33. The summed E-state index contributed by atoms with van der Waals surface area (Å²) in [6.45, 7) is 0. The molecule has 0 aliphatic heterocycles. The molecule has 13 heavy (non-hydrogen) atoms. The van der Waals surface area contributed by atoms with E-state index in [2.05, 4.69) is 24.5 Å². The molecule has 0 unspecified atom stereocenters. The van der Waals surface area contributed by atoms with Crippen molar-refractivity contribution < 1.29 is 4.39 Å². The molecule has 1 rings (SSSR count). The molecule has 1 aromatic rings. The molecule has 0 atom stereocenters. The van der Waals surface area contributed by atoms with Crippen molar-refractivity contribution in [2.45, 2.75) is 6.42 Å². The van der Waals surface area contributed by atoms with Gasteiger partial charge in [0.25, 0.3) is 0 Å². The summed E-state index contributed by atoms with van der Waals surface area (Å²) in [5.74, 6) is 6.00. The lowest BCUT2D eigenvalue weighted by molar-refractivity contribution is 0.627. The molecule has 68 valence electrons. The molecule has 0 nitrogen and oxygen atoms in total. The van der Waals surface area contributed by atoms with Crippen molar-refractivity contribution in [2.75, 3.05) is 5.75 Å². The van der Waals surface area contributed by atoms with Crippen LogP contribution in [-0.2, 0) is 0 Å². The molecule has 0 amide bonds. The second kappa shape index (κ2) is 5.16. The monoisotopic (exact) mass is 214 g/mol. The fourth-order valence-electron chi connectivity index (χ4n) is 0.846. The third-order valence-corrected chi connectivity index (χ3v) is 1.77. The summed E-state index contributed by atoms with van der Waals surface area (Å²) < 4.78 is 12.8. The Morgan fingerprint density at radius 1 is 1.38 bits per heavy atom. The van der Waals surface area contributed by atoms with Crippen molar-refractivity contribution in [3.8, 4) is 11.8 Å². The molecule has 0 radical (unpaired) electrons. The first-order chi connectivity index (χ1) is 6.22. The zero-order valence-electron chi connectivity index (χ0n) is 6.85. The average Bonchev–Trinajstić information content (AvgIpc) is 2.03. The van der Waals surface area contributed by atoms with Crippen LogP contribution < -0.4 is 0 Å². The maximum atomic E-state index is 12.8. The Bertz CT molecular complexity index is 331. The SMILES string of the molecule is Fc1cc(Cl)cc(C#CCCS)c1.